The Morgan fingerprint density at radius 3 is 2.43 bits per heavy atom. The van der Waals surface area contributed by atoms with Crippen molar-refractivity contribution < 1.29 is 18.1 Å². The van der Waals surface area contributed by atoms with Gasteiger partial charge in [0.2, 0.25) is 9.84 Å². The topological polar surface area (TPSA) is 113 Å². The molecule has 0 bridgehead atoms. The Morgan fingerprint density at radius 2 is 1.81 bits per heavy atom. The predicted molar refractivity (Wildman–Crippen MR) is 76.0 cm³/mol. The summed E-state index contributed by atoms with van der Waals surface area (Å²) in [5, 5.41) is 11.0. The Morgan fingerprint density at radius 1 is 1.14 bits per heavy atom. The molecule has 0 saturated carbocycles. The summed E-state index contributed by atoms with van der Waals surface area (Å²) in [6.45, 7) is 0. The van der Waals surface area contributed by atoms with Gasteiger partial charge in [0.1, 0.15) is 10.6 Å². The largest absolute Gasteiger partial charge is 0.497 e. The smallest absolute Gasteiger partial charge is 0.288 e. The number of anilines is 1. The standard InChI is InChI=1S/C13H12N2O5S/c1-20-9-6-7-10(14)13(8-9)21(18,19)12-5-3-2-4-11(12)15(16)17/h2-8H,14H2,1H3. The first kappa shape index (κ1) is 14.8. The maximum absolute atomic E-state index is 12.6. The van der Waals surface area contributed by atoms with Crippen LogP contribution in [-0.4, -0.2) is 20.5 Å². The van der Waals surface area contributed by atoms with Gasteiger partial charge >= 0.3 is 0 Å². The first-order valence-corrected chi connectivity index (χ1v) is 7.28. The summed E-state index contributed by atoms with van der Waals surface area (Å²) >= 11 is 0. The Balaban J connectivity index is 2.71. The number of nitrogen functional groups attached to an aromatic ring is 1. The second-order valence-corrected chi connectivity index (χ2v) is 6.02. The van der Waals surface area contributed by atoms with Gasteiger partial charge in [-0.3, -0.25) is 10.1 Å². The fourth-order valence-corrected chi connectivity index (χ4v) is 3.39. The summed E-state index contributed by atoms with van der Waals surface area (Å²) in [6.07, 6.45) is 0. The molecule has 0 atom stereocenters. The summed E-state index contributed by atoms with van der Waals surface area (Å²) < 4.78 is 30.2. The van der Waals surface area contributed by atoms with E-state index in [4.69, 9.17) is 10.5 Å². The van der Waals surface area contributed by atoms with Crippen LogP contribution in [0.5, 0.6) is 5.75 Å². The second kappa shape index (κ2) is 5.41. The van der Waals surface area contributed by atoms with Gasteiger partial charge in [-0.1, -0.05) is 12.1 Å². The Hall–Kier alpha value is -2.61. The van der Waals surface area contributed by atoms with Crippen molar-refractivity contribution >= 4 is 21.2 Å². The van der Waals surface area contributed by atoms with E-state index in [2.05, 4.69) is 0 Å². The highest BCUT2D eigenvalue weighted by atomic mass is 32.2. The molecule has 2 aromatic rings. The molecule has 0 fully saturated rings. The molecule has 2 aromatic carbocycles. The number of nitro benzene ring substituents is 1. The number of nitrogens with zero attached hydrogens (tertiary/aromatic N) is 1. The lowest BCUT2D eigenvalue weighted by atomic mass is 10.3. The van der Waals surface area contributed by atoms with Gasteiger partial charge in [0.05, 0.1) is 22.6 Å². The normalized spacial score (nSPS) is 11.1. The molecular weight excluding hydrogens is 296 g/mol. The van der Waals surface area contributed by atoms with Gasteiger partial charge in [-0.2, -0.15) is 0 Å². The monoisotopic (exact) mass is 308 g/mol. The molecule has 21 heavy (non-hydrogen) atoms. The quantitative estimate of drug-likeness (QED) is 0.525. The second-order valence-electron chi connectivity index (χ2n) is 4.13. The molecule has 0 aromatic heterocycles. The molecule has 7 nitrogen and oxygen atoms in total. The molecule has 2 rings (SSSR count). The lowest BCUT2D eigenvalue weighted by Gasteiger charge is -2.09. The first-order chi connectivity index (χ1) is 9.87. The summed E-state index contributed by atoms with van der Waals surface area (Å²) in [6, 6.07) is 9.23. The van der Waals surface area contributed by atoms with Crippen molar-refractivity contribution in [1.82, 2.24) is 0 Å². The van der Waals surface area contributed by atoms with Crippen LogP contribution in [0.2, 0.25) is 0 Å². The van der Waals surface area contributed by atoms with Crippen LogP contribution in [0.25, 0.3) is 0 Å². The molecule has 0 aliphatic heterocycles. The van der Waals surface area contributed by atoms with Crippen molar-refractivity contribution in [2.75, 3.05) is 12.8 Å². The Kier molecular flexibility index (Phi) is 3.81. The number of hydrogen-bond acceptors (Lipinski definition) is 6. The van der Waals surface area contributed by atoms with Crippen molar-refractivity contribution in [3.8, 4) is 5.75 Å². The van der Waals surface area contributed by atoms with Gasteiger partial charge in [-0.05, 0) is 18.2 Å². The molecule has 0 saturated heterocycles. The SMILES string of the molecule is COc1ccc(N)c(S(=O)(=O)c2ccccc2[N+](=O)[O-])c1. The van der Waals surface area contributed by atoms with Crippen LogP contribution in [-0.2, 0) is 9.84 Å². The van der Waals surface area contributed by atoms with Crippen molar-refractivity contribution in [2.45, 2.75) is 9.79 Å². The minimum Gasteiger partial charge on any atom is -0.497 e. The molecule has 0 spiro atoms. The molecule has 0 unspecified atom stereocenters. The third kappa shape index (κ3) is 2.65. The van der Waals surface area contributed by atoms with E-state index in [1.165, 1.54) is 43.5 Å². The summed E-state index contributed by atoms with van der Waals surface area (Å²) in [5.74, 6) is 0.293. The van der Waals surface area contributed by atoms with Gasteiger partial charge in [0, 0.05) is 12.1 Å². The van der Waals surface area contributed by atoms with E-state index in [9.17, 15) is 18.5 Å². The number of para-hydroxylation sites is 1. The maximum atomic E-state index is 12.6. The van der Waals surface area contributed by atoms with Gasteiger partial charge in [-0.15, -0.1) is 0 Å². The lowest BCUT2D eigenvalue weighted by Crippen LogP contribution is -2.08. The van der Waals surface area contributed by atoms with Crippen LogP contribution in [0.4, 0.5) is 11.4 Å². The zero-order valence-electron chi connectivity index (χ0n) is 11.0. The Labute approximate surface area is 121 Å². The average Bonchev–Trinajstić information content (AvgIpc) is 2.47. The molecule has 0 aliphatic rings. The van der Waals surface area contributed by atoms with Crippen LogP contribution in [0.15, 0.2) is 52.3 Å². The van der Waals surface area contributed by atoms with Crippen LogP contribution < -0.4 is 10.5 Å². The van der Waals surface area contributed by atoms with Crippen LogP contribution in [0, 0.1) is 10.1 Å². The van der Waals surface area contributed by atoms with E-state index in [-0.39, 0.29) is 10.6 Å². The van der Waals surface area contributed by atoms with Crippen molar-refractivity contribution in [3.63, 3.8) is 0 Å². The summed E-state index contributed by atoms with van der Waals surface area (Å²) in [4.78, 5) is 9.61. The minimum absolute atomic E-state index is 0.00560. The molecule has 110 valence electrons. The fourth-order valence-electron chi connectivity index (χ4n) is 1.83. The van der Waals surface area contributed by atoms with E-state index in [1.807, 2.05) is 0 Å². The third-order valence-electron chi connectivity index (χ3n) is 2.86. The van der Waals surface area contributed by atoms with E-state index < -0.39 is 25.3 Å². The fraction of sp³-hybridized carbons (Fsp3) is 0.0769. The van der Waals surface area contributed by atoms with Crippen LogP contribution in [0.3, 0.4) is 0 Å². The van der Waals surface area contributed by atoms with Crippen molar-refractivity contribution in [3.05, 3.63) is 52.6 Å². The van der Waals surface area contributed by atoms with Crippen LogP contribution in [0.1, 0.15) is 0 Å². The number of ether oxygens (including phenoxy) is 1. The van der Waals surface area contributed by atoms with Gasteiger partial charge in [0.15, 0.2) is 0 Å². The summed E-state index contributed by atoms with van der Waals surface area (Å²) in [7, 11) is -2.74. The van der Waals surface area contributed by atoms with Crippen LogP contribution >= 0.6 is 0 Å². The van der Waals surface area contributed by atoms with E-state index >= 15 is 0 Å². The lowest BCUT2D eigenvalue weighted by molar-refractivity contribution is -0.387. The first-order valence-electron chi connectivity index (χ1n) is 5.80. The maximum Gasteiger partial charge on any atom is 0.288 e. The number of nitrogens with two attached hydrogens (primary N) is 1. The highest BCUT2D eigenvalue weighted by molar-refractivity contribution is 7.91. The minimum atomic E-state index is -4.12. The highest BCUT2D eigenvalue weighted by Gasteiger charge is 2.29. The zero-order chi connectivity index (χ0) is 15.6. The zero-order valence-corrected chi connectivity index (χ0v) is 11.8. The average molecular weight is 308 g/mol. The highest BCUT2D eigenvalue weighted by Crippen LogP contribution is 2.33. The summed E-state index contributed by atoms with van der Waals surface area (Å²) in [5.41, 5.74) is 5.18. The molecule has 2 N–H and O–H groups in total. The van der Waals surface area contributed by atoms with Gasteiger partial charge in [0.25, 0.3) is 5.69 Å². The number of benzene rings is 2. The number of sulfone groups is 1. The number of nitro groups is 1. The Bertz CT molecular complexity index is 802. The molecular formula is C13H12N2O5S. The predicted octanol–water partition coefficient (Wildman–Crippen LogP) is 2.02. The van der Waals surface area contributed by atoms with E-state index in [1.54, 1.807) is 0 Å². The number of methoxy groups -OCH3 is 1. The van der Waals surface area contributed by atoms with E-state index in [0.29, 0.717) is 5.75 Å². The third-order valence-corrected chi connectivity index (χ3v) is 4.72. The molecule has 0 aliphatic carbocycles. The molecule has 0 amide bonds. The number of hydrogen-bond donors (Lipinski definition) is 1. The van der Waals surface area contributed by atoms with E-state index in [0.717, 1.165) is 6.07 Å². The van der Waals surface area contributed by atoms with Gasteiger partial charge in [-0.25, -0.2) is 8.42 Å². The van der Waals surface area contributed by atoms with Crippen molar-refractivity contribution in [2.24, 2.45) is 0 Å². The molecule has 0 heterocycles. The van der Waals surface area contributed by atoms with Gasteiger partial charge < -0.3 is 10.5 Å². The van der Waals surface area contributed by atoms with Crippen molar-refractivity contribution in [1.29, 1.82) is 0 Å². The number of rotatable bonds is 4. The molecule has 0 radical (unpaired) electrons. The molecule has 8 heteroatoms.